The third kappa shape index (κ3) is 5.82. The third-order valence-electron chi connectivity index (χ3n) is 0.921. The standard InChI is InChI=1S/C7H10N2S2/c1-2-7(9-6-11)3-4-8-5-10/h2-6H,1H3,(H,8,10)(H,9,11)/b4-3-,7-2+. The van der Waals surface area contributed by atoms with Gasteiger partial charge in [-0.05, 0) is 13.0 Å². The summed E-state index contributed by atoms with van der Waals surface area (Å²) in [6.07, 6.45) is 5.38. The topological polar surface area (TPSA) is 24.4 Å². The molecule has 0 aromatic rings. The smallest absolute Gasteiger partial charge is 0.0654 e. The van der Waals surface area contributed by atoms with Crippen molar-refractivity contribution in [2.75, 3.05) is 0 Å². The van der Waals surface area contributed by atoms with E-state index in [2.05, 4.69) is 35.2 Å². The van der Waals surface area contributed by atoms with Crippen molar-refractivity contribution >= 4 is 35.9 Å². The Morgan fingerprint density at radius 2 is 2.36 bits per heavy atom. The van der Waals surface area contributed by atoms with Gasteiger partial charge in [-0.15, -0.1) is 12.6 Å². The first-order valence-corrected chi connectivity index (χ1v) is 4.03. The number of hydrogen-bond acceptors (Lipinski definition) is 2. The summed E-state index contributed by atoms with van der Waals surface area (Å²) >= 11 is 8.39. The van der Waals surface area contributed by atoms with Crippen LogP contribution in [0.15, 0.2) is 29.0 Å². The number of allylic oxidation sites excluding steroid dienone is 2. The van der Waals surface area contributed by atoms with Gasteiger partial charge in [-0.2, -0.15) is 0 Å². The van der Waals surface area contributed by atoms with Gasteiger partial charge < -0.3 is 5.32 Å². The lowest BCUT2D eigenvalue weighted by atomic mass is 10.4. The van der Waals surface area contributed by atoms with Crippen LogP contribution < -0.4 is 5.32 Å². The first-order valence-electron chi connectivity index (χ1n) is 3.04. The van der Waals surface area contributed by atoms with Gasteiger partial charge >= 0.3 is 0 Å². The zero-order valence-corrected chi connectivity index (χ0v) is 7.90. The van der Waals surface area contributed by atoms with Crippen LogP contribution in [0, 0.1) is 0 Å². The van der Waals surface area contributed by atoms with Gasteiger partial charge in [0.1, 0.15) is 0 Å². The minimum Gasteiger partial charge on any atom is -0.359 e. The molecule has 2 nitrogen and oxygen atoms in total. The number of nitrogens with zero attached hydrogens (tertiary/aromatic N) is 1. The molecule has 0 aliphatic heterocycles. The van der Waals surface area contributed by atoms with Crippen LogP contribution in [-0.2, 0) is 0 Å². The first kappa shape index (κ1) is 10.4. The molecule has 1 N–H and O–H groups in total. The van der Waals surface area contributed by atoms with Crippen molar-refractivity contribution in [3.8, 4) is 0 Å². The molecule has 11 heavy (non-hydrogen) atoms. The molecule has 0 saturated heterocycles. The highest BCUT2D eigenvalue weighted by atomic mass is 32.1. The van der Waals surface area contributed by atoms with E-state index < -0.39 is 0 Å². The number of hydrogen-bond donors (Lipinski definition) is 2. The summed E-state index contributed by atoms with van der Waals surface area (Å²) in [6.45, 7) is 1.90. The Morgan fingerprint density at radius 3 is 2.82 bits per heavy atom. The van der Waals surface area contributed by atoms with E-state index in [0.717, 1.165) is 5.70 Å². The Kier molecular flexibility index (Phi) is 7.08. The molecule has 0 fully saturated rings. The number of thiocarbonyl (C=S) groups is 1. The van der Waals surface area contributed by atoms with Gasteiger partial charge in [-0.3, -0.25) is 4.99 Å². The fraction of sp³-hybridized carbons (Fsp3) is 0.143. The second kappa shape index (κ2) is 7.50. The van der Waals surface area contributed by atoms with Gasteiger partial charge in [0.05, 0.1) is 16.7 Å². The summed E-state index contributed by atoms with van der Waals surface area (Å²) in [5, 5.41) is 2.74. The summed E-state index contributed by atoms with van der Waals surface area (Å²) in [5.74, 6) is 0. The van der Waals surface area contributed by atoms with Gasteiger partial charge in [-0.25, -0.2) is 0 Å². The van der Waals surface area contributed by atoms with Crippen molar-refractivity contribution in [3.63, 3.8) is 0 Å². The highest BCUT2D eigenvalue weighted by Gasteiger charge is 1.80. The van der Waals surface area contributed by atoms with Crippen LogP contribution in [0.25, 0.3) is 0 Å². The van der Waals surface area contributed by atoms with Crippen molar-refractivity contribution in [1.29, 1.82) is 0 Å². The normalized spacial score (nSPS) is 12.7. The van der Waals surface area contributed by atoms with Crippen LogP contribution in [0.5, 0.6) is 0 Å². The van der Waals surface area contributed by atoms with Crippen LogP contribution in [0.4, 0.5) is 0 Å². The van der Waals surface area contributed by atoms with Crippen molar-refractivity contribution < 1.29 is 0 Å². The predicted molar refractivity (Wildman–Crippen MR) is 57.2 cm³/mol. The predicted octanol–water partition coefficient (Wildman–Crippen LogP) is 1.91. The zero-order valence-electron chi connectivity index (χ0n) is 6.19. The molecule has 60 valence electrons. The fourth-order valence-electron chi connectivity index (χ4n) is 0.453. The third-order valence-corrected chi connectivity index (χ3v) is 1.17. The second-order valence-corrected chi connectivity index (χ2v) is 2.04. The maximum Gasteiger partial charge on any atom is 0.0654 e. The number of aliphatic imine (C=N–C) groups is 1. The number of thiol groups is 1. The average Bonchev–Trinajstić information content (AvgIpc) is 2.03. The zero-order chi connectivity index (χ0) is 8.53. The molecule has 0 rings (SSSR count). The Labute approximate surface area is 77.5 Å². The summed E-state index contributed by atoms with van der Waals surface area (Å²) in [6, 6.07) is 0. The van der Waals surface area contributed by atoms with Crippen molar-refractivity contribution in [1.82, 2.24) is 5.32 Å². The van der Waals surface area contributed by atoms with E-state index in [9.17, 15) is 0 Å². The number of rotatable bonds is 4. The molecular formula is C7H10N2S2. The van der Waals surface area contributed by atoms with E-state index in [0.29, 0.717) is 0 Å². The van der Waals surface area contributed by atoms with E-state index in [-0.39, 0.29) is 0 Å². The van der Waals surface area contributed by atoms with E-state index in [1.165, 1.54) is 11.0 Å². The van der Waals surface area contributed by atoms with Gasteiger partial charge in [0.25, 0.3) is 0 Å². The molecule has 0 bridgehead atoms. The molecule has 0 amide bonds. The van der Waals surface area contributed by atoms with Crippen molar-refractivity contribution in [3.05, 3.63) is 24.0 Å². The largest absolute Gasteiger partial charge is 0.359 e. The molecule has 0 aromatic heterocycles. The maximum atomic E-state index is 4.54. The molecule has 0 spiro atoms. The van der Waals surface area contributed by atoms with Crippen LogP contribution in [0.1, 0.15) is 6.92 Å². The van der Waals surface area contributed by atoms with Crippen LogP contribution >= 0.6 is 24.8 Å². The molecular weight excluding hydrogens is 176 g/mol. The second-order valence-electron chi connectivity index (χ2n) is 1.58. The molecule has 0 saturated carbocycles. The summed E-state index contributed by atoms with van der Waals surface area (Å²) in [4.78, 5) is 3.94. The van der Waals surface area contributed by atoms with E-state index >= 15 is 0 Å². The molecule has 0 aliphatic carbocycles. The molecule has 0 unspecified atom stereocenters. The monoisotopic (exact) mass is 186 g/mol. The van der Waals surface area contributed by atoms with Gasteiger partial charge in [-0.1, -0.05) is 18.3 Å². The molecule has 0 atom stereocenters. The van der Waals surface area contributed by atoms with Crippen LogP contribution in [-0.4, -0.2) is 11.0 Å². The molecule has 0 radical (unpaired) electrons. The number of nitrogens with one attached hydrogen (secondary N) is 1. The van der Waals surface area contributed by atoms with Crippen molar-refractivity contribution in [2.24, 2.45) is 4.99 Å². The summed E-state index contributed by atoms with van der Waals surface area (Å²) in [5.41, 5.74) is 3.70. The lowest BCUT2D eigenvalue weighted by Crippen LogP contribution is -1.96. The minimum atomic E-state index is 0.837. The van der Waals surface area contributed by atoms with Gasteiger partial charge in [0.15, 0.2) is 0 Å². The van der Waals surface area contributed by atoms with Gasteiger partial charge in [0.2, 0.25) is 0 Å². The van der Waals surface area contributed by atoms with E-state index in [4.69, 9.17) is 0 Å². The van der Waals surface area contributed by atoms with Gasteiger partial charge in [0, 0.05) is 6.20 Å². The summed E-state index contributed by atoms with van der Waals surface area (Å²) < 4.78 is 0. The van der Waals surface area contributed by atoms with Crippen LogP contribution in [0.3, 0.4) is 0 Å². The average molecular weight is 186 g/mol. The van der Waals surface area contributed by atoms with E-state index in [1.54, 1.807) is 12.3 Å². The lowest BCUT2D eigenvalue weighted by molar-refractivity contribution is 1.31. The Morgan fingerprint density at radius 1 is 1.64 bits per heavy atom. The quantitative estimate of drug-likeness (QED) is 0.230. The SMILES string of the molecule is C/C=C(\C=C/NC=S)/N=C\S. The fourth-order valence-corrected chi connectivity index (χ4v) is 0.665. The highest BCUT2D eigenvalue weighted by molar-refractivity contribution is 7.94. The van der Waals surface area contributed by atoms with Crippen LogP contribution in [0.2, 0.25) is 0 Å². The Bertz CT molecular complexity index is 195. The first-order chi connectivity index (χ1) is 5.35. The molecule has 0 aromatic carbocycles. The Balaban J connectivity index is 3.98. The van der Waals surface area contributed by atoms with Crippen molar-refractivity contribution in [2.45, 2.75) is 6.92 Å². The highest BCUT2D eigenvalue weighted by Crippen LogP contribution is 1.96. The molecule has 0 heterocycles. The molecule has 4 heteroatoms. The summed E-state index contributed by atoms with van der Waals surface area (Å²) in [7, 11) is 0. The minimum absolute atomic E-state index is 0.837. The molecule has 0 aliphatic rings. The maximum absolute atomic E-state index is 4.54. The Hall–Kier alpha value is -0.610. The van der Waals surface area contributed by atoms with E-state index in [1.807, 2.05) is 13.0 Å². The lowest BCUT2D eigenvalue weighted by Gasteiger charge is -1.89.